The van der Waals surface area contributed by atoms with Crippen LogP contribution in [0.25, 0.3) is 0 Å². The summed E-state index contributed by atoms with van der Waals surface area (Å²) in [5.41, 5.74) is 0.596. The second kappa shape index (κ2) is 14.5. The molecule has 3 N–H and O–H groups in total. The number of carbonyl (C=O) groups is 3. The molecule has 0 bridgehead atoms. The summed E-state index contributed by atoms with van der Waals surface area (Å²) < 4.78 is 0. The van der Waals surface area contributed by atoms with Crippen LogP contribution in [0, 0.1) is 0 Å². The van der Waals surface area contributed by atoms with E-state index in [0.29, 0.717) is 38.9 Å². The van der Waals surface area contributed by atoms with Crippen molar-refractivity contribution in [3.63, 3.8) is 0 Å². The van der Waals surface area contributed by atoms with Gasteiger partial charge in [0.15, 0.2) is 0 Å². The Morgan fingerprint density at radius 1 is 1.00 bits per heavy atom. The van der Waals surface area contributed by atoms with E-state index in [-0.39, 0.29) is 17.8 Å². The van der Waals surface area contributed by atoms with Gasteiger partial charge in [0.05, 0.1) is 0 Å². The average molecular weight is 554 g/mol. The number of thiophene rings is 1. The molecule has 1 atom stereocenters. The van der Waals surface area contributed by atoms with Gasteiger partial charge in [-0.25, -0.2) is 4.79 Å². The van der Waals surface area contributed by atoms with Gasteiger partial charge in [-0.2, -0.15) is 0 Å². The number of nitrogens with zero attached hydrogens (tertiary/aromatic N) is 2. The summed E-state index contributed by atoms with van der Waals surface area (Å²) >= 11 is 1.69. The highest BCUT2D eigenvalue weighted by molar-refractivity contribution is 7.09. The fourth-order valence-corrected chi connectivity index (χ4v) is 6.40. The Balaban J connectivity index is 1.19. The predicted octanol–water partition coefficient (Wildman–Crippen LogP) is 3.57. The van der Waals surface area contributed by atoms with Crippen LogP contribution in [0.3, 0.4) is 0 Å². The van der Waals surface area contributed by atoms with E-state index in [4.69, 9.17) is 0 Å². The molecule has 1 aromatic carbocycles. The van der Waals surface area contributed by atoms with E-state index in [1.54, 1.807) is 11.3 Å². The van der Waals surface area contributed by atoms with Gasteiger partial charge in [-0.3, -0.25) is 9.59 Å². The molecule has 2 saturated heterocycles. The maximum absolute atomic E-state index is 13.5. The van der Waals surface area contributed by atoms with Crippen LogP contribution in [-0.2, 0) is 22.4 Å². The molecule has 0 unspecified atom stereocenters. The molecule has 0 saturated carbocycles. The molecule has 1 aromatic heterocycles. The molecule has 2 fully saturated rings. The van der Waals surface area contributed by atoms with Gasteiger partial charge >= 0.3 is 6.03 Å². The number of amides is 4. The van der Waals surface area contributed by atoms with Gasteiger partial charge < -0.3 is 25.8 Å². The maximum Gasteiger partial charge on any atom is 0.314 e. The van der Waals surface area contributed by atoms with E-state index in [1.807, 2.05) is 22.4 Å². The molecule has 4 rings (SSSR count). The van der Waals surface area contributed by atoms with Crippen molar-refractivity contribution in [3.8, 4) is 0 Å². The number of benzene rings is 1. The van der Waals surface area contributed by atoms with Gasteiger partial charge in [-0.05, 0) is 68.4 Å². The van der Waals surface area contributed by atoms with Crippen LogP contribution in [0.4, 0.5) is 4.79 Å². The topological polar surface area (TPSA) is 93.8 Å². The van der Waals surface area contributed by atoms with Crippen LogP contribution < -0.4 is 16.0 Å². The third-order valence-electron chi connectivity index (χ3n) is 7.94. The van der Waals surface area contributed by atoms with Crippen molar-refractivity contribution in [2.75, 3.05) is 39.3 Å². The van der Waals surface area contributed by atoms with Gasteiger partial charge in [0, 0.05) is 44.1 Å². The second-order valence-electron chi connectivity index (χ2n) is 10.6. The zero-order valence-electron chi connectivity index (χ0n) is 23.1. The zero-order valence-corrected chi connectivity index (χ0v) is 23.9. The summed E-state index contributed by atoms with van der Waals surface area (Å²) in [7, 11) is 0. The summed E-state index contributed by atoms with van der Waals surface area (Å²) in [6.07, 6.45) is 6.11. The summed E-state index contributed by atoms with van der Waals surface area (Å²) in [5, 5.41) is 10.9. The van der Waals surface area contributed by atoms with Crippen LogP contribution in [0.5, 0.6) is 0 Å². The van der Waals surface area contributed by atoms with Gasteiger partial charge in [0.2, 0.25) is 11.8 Å². The zero-order chi connectivity index (χ0) is 27.5. The molecule has 4 amide bonds. The molecule has 2 aliphatic heterocycles. The molecular weight excluding hydrogens is 510 g/mol. The van der Waals surface area contributed by atoms with Crippen molar-refractivity contribution in [2.45, 2.75) is 69.9 Å². The van der Waals surface area contributed by atoms with Gasteiger partial charge in [-0.1, -0.05) is 43.3 Å². The lowest BCUT2D eigenvalue weighted by atomic mass is 9.81. The first-order valence-corrected chi connectivity index (χ1v) is 15.3. The highest BCUT2D eigenvalue weighted by atomic mass is 32.1. The van der Waals surface area contributed by atoms with Crippen LogP contribution in [0.1, 0.15) is 55.9 Å². The number of hydrogen-bond acceptors (Lipinski definition) is 5. The Labute approximate surface area is 236 Å². The quantitative estimate of drug-likeness (QED) is 0.331. The number of hydrogen-bond donors (Lipinski definition) is 3. The van der Waals surface area contributed by atoms with E-state index in [9.17, 15) is 14.4 Å². The Kier molecular flexibility index (Phi) is 10.8. The molecule has 39 heavy (non-hydrogen) atoms. The molecule has 2 aliphatic rings. The Morgan fingerprint density at radius 2 is 1.77 bits per heavy atom. The molecule has 9 heteroatoms. The van der Waals surface area contributed by atoms with Gasteiger partial charge in [0.25, 0.3) is 0 Å². The lowest BCUT2D eigenvalue weighted by Gasteiger charge is -2.51. The third kappa shape index (κ3) is 7.82. The molecular formula is C30H43N5O3S. The van der Waals surface area contributed by atoms with Crippen LogP contribution >= 0.6 is 11.3 Å². The minimum absolute atomic E-state index is 0.00602. The van der Waals surface area contributed by atoms with Gasteiger partial charge in [-0.15, -0.1) is 11.3 Å². The lowest BCUT2D eigenvalue weighted by Crippen LogP contribution is -2.72. The van der Waals surface area contributed by atoms with Crippen LogP contribution in [-0.4, -0.2) is 78.5 Å². The SMILES string of the molecule is CCCN1C(=O)[C@H](CCCCNC(=O)NCCc2cccs2)NC(=O)C12CCN(CCc1ccccc1)CC2. The van der Waals surface area contributed by atoms with Gasteiger partial charge in [0.1, 0.15) is 11.6 Å². The first-order chi connectivity index (χ1) is 19.0. The minimum Gasteiger partial charge on any atom is -0.342 e. The molecule has 8 nitrogen and oxygen atoms in total. The fourth-order valence-electron chi connectivity index (χ4n) is 5.69. The van der Waals surface area contributed by atoms with Crippen molar-refractivity contribution in [3.05, 3.63) is 58.3 Å². The van der Waals surface area contributed by atoms with Crippen molar-refractivity contribution >= 4 is 29.2 Å². The fraction of sp³-hybridized carbons (Fsp3) is 0.567. The number of nitrogens with one attached hydrogen (secondary N) is 3. The molecule has 0 radical (unpaired) electrons. The standard InChI is InChI=1S/C30H43N5O3S/c1-2-19-35-27(36)26(12-6-7-17-31-29(38)32-18-13-25-11-8-23-39-25)33-28(37)30(35)15-21-34(22-16-30)20-14-24-9-4-3-5-10-24/h3-5,8-11,23,26H,2,6-7,12-22H2,1H3,(H,33,37)(H2,31,32,38)/t26-/m0/s1. The van der Waals surface area contributed by atoms with E-state index in [1.165, 1.54) is 10.4 Å². The number of carbonyl (C=O) groups excluding carboxylic acids is 3. The highest BCUT2D eigenvalue weighted by Crippen LogP contribution is 2.34. The average Bonchev–Trinajstić information content (AvgIpc) is 3.47. The Hall–Kier alpha value is -2.91. The molecule has 3 heterocycles. The van der Waals surface area contributed by atoms with E-state index in [2.05, 4.69) is 58.1 Å². The number of piperazine rings is 1. The minimum atomic E-state index is -0.727. The van der Waals surface area contributed by atoms with Crippen molar-refractivity contribution in [1.29, 1.82) is 0 Å². The Morgan fingerprint density at radius 3 is 2.49 bits per heavy atom. The maximum atomic E-state index is 13.5. The summed E-state index contributed by atoms with van der Waals surface area (Å²) in [6, 6.07) is 13.9. The molecule has 1 spiro atoms. The number of likely N-dealkylation sites (tertiary alicyclic amines) is 1. The highest BCUT2D eigenvalue weighted by Gasteiger charge is 2.52. The molecule has 2 aromatic rings. The molecule has 0 aliphatic carbocycles. The second-order valence-corrected chi connectivity index (χ2v) is 11.7. The molecule has 212 valence electrons. The van der Waals surface area contributed by atoms with Crippen molar-refractivity contribution < 1.29 is 14.4 Å². The predicted molar refractivity (Wildman–Crippen MR) is 156 cm³/mol. The first kappa shape index (κ1) is 29.1. The third-order valence-corrected chi connectivity index (χ3v) is 8.88. The largest absolute Gasteiger partial charge is 0.342 e. The number of urea groups is 1. The van der Waals surface area contributed by atoms with E-state index in [0.717, 1.165) is 51.7 Å². The normalized spacial score (nSPS) is 19.2. The van der Waals surface area contributed by atoms with E-state index >= 15 is 0 Å². The lowest BCUT2D eigenvalue weighted by molar-refractivity contribution is -0.161. The summed E-state index contributed by atoms with van der Waals surface area (Å²) in [6.45, 7) is 6.43. The Bertz CT molecular complexity index is 1050. The number of rotatable bonds is 13. The van der Waals surface area contributed by atoms with Crippen LogP contribution in [0.15, 0.2) is 47.8 Å². The number of unbranched alkanes of at least 4 members (excludes halogenated alkanes) is 1. The van der Waals surface area contributed by atoms with Crippen molar-refractivity contribution in [1.82, 2.24) is 25.8 Å². The summed E-state index contributed by atoms with van der Waals surface area (Å²) in [5.74, 6) is 0.0555. The monoisotopic (exact) mass is 553 g/mol. The number of piperidine rings is 1. The van der Waals surface area contributed by atoms with Crippen LogP contribution in [0.2, 0.25) is 0 Å². The summed E-state index contributed by atoms with van der Waals surface area (Å²) in [4.78, 5) is 44.6. The first-order valence-electron chi connectivity index (χ1n) is 14.4. The van der Waals surface area contributed by atoms with Crippen molar-refractivity contribution in [2.24, 2.45) is 0 Å². The smallest absolute Gasteiger partial charge is 0.314 e. The van der Waals surface area contributed by atoms with E-state index < -0.39 is 11.6 Å².